The van der Waals surface area contributed by atoms with Gasteiger partial charge in [-0.2, -0.15) is 0 Å². The van der Waals surface area contributed by atoms with Crippen LogP contribution in [0.3, 0.4) is 0 Å². The summed E-state index contributed by atoms with van der Waals surface area (Å²) in [5.74, 6) is 0. The molecule has 0 atom stereocenters. The molecule has 0 saturated heterocycles. The maximum absolute atomic E-state index is 6.01. The van der Waals surface area contributed by atoms with Crippen LogP contribution in [0.4, 0.5) is 0 Å². The quantitative estimate of drug-likeness (QED) is 0.788. The van der Waals surface area contributed by atoms with Gasteiger partial charge in [-0.1, -0.05) is 51.3 Å². The molecule has 1 aromatic carbocycles. The molecule has 1 aromatic heterocycles. The molecule has 2 nitrogen and oxygen atoms in total. The Kier molecular flexibility index (Phi) is 3.24. The SMILES string of the molecule is Clc1cc(Cl)c(-c2ccc(Br)cc2)nn1. The highest BCUT2D eigenvalue weighted by molar-refractivity contribution is 9.10. The summed E-state index contributed by atoms with van der Waals surface area (Å²) < 4.78 is 1.00. The smallest absolute Gasteiger partial charge is 0.147 e. The van der Waals surface area contributed by atoms with Crippen LogP contribution in [-0.2, 0) is 0 Å². The van der Waals surface area contributed by atoms with Gasteiger partial charge in [0.1, 0.15) is 5.69 Å². The first-order valence-electron chi connectivity index (χ1n) is 4.11. The first kappa shape index (κ1) is 10.9. The Morgan fingerprint density at radius 3 is 2.27 bits per heavy atom. The first-order valence-corrected chi connectivity index (χ1v) is 5.66. The average Bonchev–Trinajstić information content (AvgIpc) is 2.20. The van der Waals surface area contributed by atoms with Crippen LogP contribution in [0.25, 0.3) is 11.3 Å². The summed E-state index contributed by atoms with van der Waals surface area (Å²) >= 11 is 15.0. The van der Waals surface area contributed by atoms with Crippen molar-refractivity contribution in [2.45, 2.75) is 0 Å². The molecule has 0 aliphatic heterocycles. The predicted molar refractivity (Wildman–Crippen MR) is 65.2 cm³/mol. The molecule has 2 rings (SSSR count). The lowest BCUT2D eigenvalue weighted by molar-refractivity contribution is 1.04. The monoisotopic (exact) mass is 302 g/mol. The van der Waals surface area contributed by atoms with E-state index in [1.54, 1.807) is 6.07 Å². The van der Waals surface area contributed by atoms with Gasteiger partial charge < -0.3 is 0 Å². The van der Waals surface area contributed by atoms with Crippen molar-refractivity contribution < 1.29 is 0 Å². The van der Waals surface area contributed by atoms with Gasteiger partial charge in [0.25, 0.3) is 0 Å². The molecule has 0 radical (unpaired) electrons. The number of benzene rings is 1. The first-order chi connectivity index (χ1) is 7.16. The highest BCUT2D eigenvalue weighted by atomic mass is 79.9. The minimum absolute atomic E-state index is 0.292. The number of hydrogen-bond acceptors (Lipinski definition) is 2. The van der Waals surface area contributed by atoms with Gasteiger partial charge in [0.15, 0.2) is 5.15 Å². The fourth-order valence-electron chi connectivity index (χ4n) is 1.15. The second kappa shape index (κ2) is 4.47. The average molecular weight is 304 g/mol. The van der Waals surface area contributed by atoms with Gasteiger partial charge in [0.05, 0.1) is 5.02 Å². The van der Waals surface area contributed by atoms with E-state index in [1.807, 2.05) is 24.3 Å². The summed E-state index contributed by atoms with van der Waals surface area (Å²) in [5, 5.41) is 8.50. The van der Waals surface area contributed by atoms with Crippen LogP contribution in [0, 0.1) is 0 Å². The van der Waals surface area contributed by atoms with Gasteiger partial charge in [0, 0.05) is 10.0 Å². The van der Waals surface area contributed by atoms with Gasteiger partial charge in [-0.3, -0.25) is 0 Å². The lowest BCUT2D eigenvalue weighted by Crippen LogP contribution is -1.89. The van der Waals surface area contributed by atoms with Crippen LogP contribution in [0.5, 0.6) is 0 Å². The molecule has 0 spiro atoms. The standard InChI is InChI=1S/C10H5BrCl2N2/c11-7-3-1-6(2-4-7)10-8(12)5-9(13)14-15-10/h1-5H. The molecule has 0 amide bonds. The zero-order chi connectivity index (χ0) is 10.8. The van der Waals surface area contributed by atoms with Crippen molar-refractivity contribution >= 4 is 39.1 Å². The summed E-state index contributed by atoms with van der Waals surface area (Å²) in [6, 6.07) is 9.24. The topological polar surface area (TPSA) is 25.8 Å². The lowest BCUT2D eigenvalue weighted by Gasteiger charge is -2.02. The number of rotatable bonds is 1. The van der Waals surface area contributed by atoms with E-state index in [9.17, 15) is 0 Å². The number of aromatic nitrogens is 2. The van der Waals surface area contributed by atoms with Gasteiger partial charge in [-0.25, -0.2) is 0 Å². The molecule has 0 aliphatic carbocycles. The highest BCUT2D eigenvalue weighted by Crippen LogP contribution is 2.27. The van der Waals surface area contributed by atoms with E-state index in [-0.39, 0.29) is 0 Å². The van der Waals surface area contributed by atoms with E-state index in [2.05, 4.69) is 26.1 Å². The number of nitrogens with zero attached hydrogens (tertiary/aromatic N) is 2. The molecular formula is C10H5BrCl2N2. The highest BCUT2D eigenvalue weighted by Gasteiger charge is 2.06. The minimum Gasteiger partial charge on any atom is -0.147 e. The molecule has 2 aromatic rings. The second-order valence-electron chi connectivity index (χ2n) is 2.87. The number of halogens is 3. The lowest BCUT2D eigenvalue weighted by atomic mass is 10.1. The van der Waals surface area contributed by atoms with Gasteiger partial charge in [-0.05, 0) is 18.2 Å². The molecule has 1 heterocycles. The Balaban J connectivity index is 2.49. The van der Waals surface area contributed by atoms with Gasteiger partial charge >= 0.3 is 0 Å². The zero-order valence-corrected chi connectivity index (χ0v) is 10.5. The van der Waals surface area contributed by atoms with Crippen molar-refractivity contribution in [1.29, 1.82) is 0 Å². The van der Waals surface area contributed by atoms with Crippen molar-refractivity contribution in [1.82, 2.24) is 10.2 Å². The molecule has 0 saturated carbocycles. The number of hydrogen-bond donors (Lipinski definition) is 0. The van der Waals surface area contributed by atoms with Crippen LogP contribution in [0.2, 0.25) is 10.2 Å². The van der Waals surface area contributed by atoms with Crippen molar-refractivity contribution in [2.24, 2.45) is 0 Å². The van der Waals surface area contributed by atoms with E-state index >= 15 is 0 Å². The zero-order valence-electron chi connectivity index (χ0n) is 7.42. The normalized spacial score (nSPS) is 10.3. The Morgan fingerprint density at radius 2 is 1.67 bits per heavy atom. The van der Waals surface area contributed by atoms with Crippen LogP contribution < -0.4 is 0 Å². The second-order valence-corrected chi connectivity index (χ2v) is 4.58. The van der Waals surface area contributed by atoms with Crippen LogP contribution in [0.1, 0.15) is 0 Å². The molecule has 0 bridgehead atoms. The summed E-state index contributed by atoms with van der Waals surface area (Å²) in [6.45, 7) is 0. The maximum Gasteiger partial charge on any atom is 0.153 e. The van der Waals surface area contributed by atoms with Crippen LogP contribution >= 0.6 is 39.1 Å². The van der Waals surface area contributed by atoms with Crippen LogP contribution in [-0.4, -0.2) is 10.2 Å². The largest absolute Gasteiger partial charge is 0.153 e. The van der Waals surface area contributed by atoms with E-state index in [1.165, 1.54) is 0 Å². The minimum atomic E-state index is 0.292. The van der Waals surface area contributed by atoms with Crippen molar-refractivity contribution in [3.8, 4) is 11.3 Å². The summed E-state index contributed by atoms with van der Waals surface area (Å²) in [4.78, 5) is 0. The van der Waals surface area contributed by atoms with E-state index in [0.717, 1.165) is 10.0 Å². The third-order valence-electron chi connectivity index (χ3n) is 1.84. The third-order valence-corrected chi connectivity index (χ3v) is 2.84. The Morgan fingerprint density at radius 1 is 1.00 bits per heavy atom. The van der Waals surface area contributed by atoms with Crippen molar-refractivity contribution in [3.63, 3.8) is 0 Å². The van der Waals surface area contributed by atoms with Crippen molar-refractivity contribution in [2.75, 3.05) is 0 Å². The van der Waals surface area contributed by atoms with Gasteiger partial charge in [0.2, 0.25) is 0 Å². The molecule has 0 aliphatic rings. The third kappa shape index (κ3) is 2.48. The molecule has 5 heteroatoms. The van der Waals surface area contributed by atoms with E-state index in [4.69, 9.17) is 23.2 Å². The molecule has 76 valence electrons. The molecule has 0 N–H and O–H groups in total. The van der Waals surface area contributed by atoms with Crippen LogP contribution in [0.15, 0.2) is 34.8 Å². The molecule has 15 heavy (non-hydrogen) atoms. The van der Waals surface area contributed by atoms with Crippen molar-refractivity contribution in [3.05, 3.63) is 45.0 Å². The predicted octanol–water partition coefficient (Wildman–Crippen LogP) is 4.21. The fraction of sp³-hybridized carbons (Fsp3) is 0. The van der Waals surface area contributed by atoms with E-state index < -0.39 is 0 Å². The molecular weight excluding hydrogens is 299 g/mol. The Bertz CT molecular complexity index is 485. The Labute approximate surface area is 105 Å². The Hall–Kier alpha value is -0.640. The maximum atomic E-state index is 6.01. The van der Waals surface area contributed by atoms with E-state index in [0.29, 0.717) is 15.9 Å². The molecule has 0 fully saturated rings. The summed E-state index contributed by atoms with van der Waals surface area (Å²) in [6.07, 6.45) is 0. The molecule has 0 unspecified atom stereocenters. The summed E-state index contributed by atoms with van der Waals surface area (Å²) in [7, 11) is 0. The summed E-state index contributed by atoms with van der Waals surface area (Å²) in [5.41, 5.74) is 1.54. The fourth-order valence-corrected chi connectivity index (χ4v) is 1.87. The van der Waals surface area contributed by atoms with Gasteiger partial charge in [-0.15, -0.1) is 10.2 Å².